The Hall–Kier alpha value is -0.380. The number of thiophene rings is 1. The van der Waals surface area contributed by atoms with Gasteiger partial charge in [-0.25, -0.2) is 0 Å². The van der Waals surface area contributed by atoms with Gasteiger partial charge >= 0.3 is 0 Å². The lowest BCUT2D eigenvalue weighted by Crippen LogP contribution is -2.03. The van der Waals surface area contributed by atoms with Crippen LogP contribution in [-0.4, -0.2) is 22.9 Å². The number of hydrogen-bond acceptors (Lipinski definition) is 3. The van der Waals surface area contributed by atoms with Gasteiger partial charge in [0.2, 0.25) is 0 Å². The van der Waals surface area contributed by atoms with Crippen LogP contribution in [0.25, 0.3) is 0 Å². The predicted molar refractivity (Wildman–Crippen MR) is 43.1 cm³/mol. The highest BCUT2D eigenvalue weighted by Crippen LogP contribution is 1.91. The van der Waals surface area contributed by atoms with E-state index in [-0.39, 0.29) is 6.61 Å². The van der Waals surface area contributed by atoms with Gasteiger partial charge < -0.3 is 10.2 Å². The van der Waals surface area contributed by atoms with Crippen LogP contribution in [0.1, 0.15) is 6.92 Å². The van der Waals surface area contributed by atoms with E-state index in [1.807, 2.05) is 22.9 Å². The van der Waals surface area contributed by atoms with Crippen molar-refractivity contribution >= 4 is 11.3 Å². The zero-order valence-corrected chi connectivity index (χ0v) is 6.71. The van der Waals surface area contributed by atoms with Gasteiger partial charge in [-0.3, -0.25) is 0 Å². The summed E-state index contributed by atoms with van der Waals surface area (Å²) in [5.41, 5.74) is 0. The Kier molecular flexibility index (Phi) is 6.48. The molecule has 2 nitrogen and oxygen atoms in total. The number of aliphatic hydroxyl groups is 2. The SMILES string of the molecule is CC(O)CO.c1ccsc1. The van der Waals surface area contributed by atoms with E-state index in [4.69, 9.17) is 10.2 Å². The second kappa shape index (κ2) is 6.74. The minimum absolute atomic E-state index is 0.139. The molecule has 0 saturated carbocycles. The van der Waals surface area contributed by atoms with Crippen molar-refractivity contribution in [3.05, 3.63) is 22.9 Å². The van der Waals surface area contributed by atoms with E-state index in [2.05, 4.69) is 0 Å². The molecular weight excluding hydrogens is 148 g/mol. The second-order valence-electron chi connectivity index (χ2n) is 1.82. The smallest absolute Gasteiger partial charge is 0.0742 e. The van der Waals surface area contributed by atoms with Crippen molar-refractivity contribution in [3.63, 3.8) is 0 Å². The van der Waals surface area contributed by atoms with Crippen molar-refractivity contribution in [3.8, 4) is 0 Å². The van der Waals surface area contributed by atoms with Gasteiger partial charge in [-0.2, -0.15) is 11.3 Å². The summed E-state index contributed by atoms with van der Waals surface area (Å²) in [4.78, 5) is 0. The van der Waals surface area contributed by atoms with E-state index in [0.29, 0.717) is 0 Å². The fourth-order valence-corrected chi connectivity index (χ4v) is 0.680. The molecule has 10 heavy (non-hydrogen) atoms. The van der Waals surface area contributed by atoms with Gasteiger partial charge in [0.1, 0.15) is 0 Å². The molecule has 0 aliphatic heterocycles. The van der Waals surface area contributed by atoms with Crippen molar-refractivity contribution in [2.24, 2.45) is 0 Å². The molecule has 0 aliphatic rings. The maximum absolute atomic E-state index is 8.11. The summed E-state index contributed by atoms with van der Waals surface area (Å²) in [6.45, 7) is 1.39. The molecule has 1 unspecified atom stereocenters. The normalized spacial score (nSPS) is 11.5. The van der Waals surface area contributed by atoms with Crippen molar-refractivity contribution in [2.45, 2.75) is 13.0 Å². The van der Waals surface area contributed by atoms with Gasteiger partial charge in [0, 0.05) is 0 Å². The number of hydrogen-bond donors (Lipinski definition) is 2. The average molecular weight is 160 g/mol. The van der Waals surface area contributed by atoms with E-state index in [1.54, 1.807) is 11.3 Å². The maximum atomic E-state index is 8.11. The molecule has 0 radical (unpaired) electrons. The van der Waals surface area contributed by atoms with Gasteiger partial charge in [0.25, 0.3) is 0 Å². The van der Waals surface area contributed by atoms with Crippen LogP contribution in [0, 0.1) is 0 Å². The van der Waals surface area contributed by atoms with Crippen molar-refractivity contribution in [1.29, 1.82) is 0 Å². The molecule has 1 rings (SSSR count). The first-order valence-electron chi connectivity index (χ1n) is 3.03. The summed E-state index contributed by atoms with van der Waals surface area (Å²) in [7, 11) is 0. The van der Waals surface area contributed by atoms with Crippen LogP contribution >= 0.6 is 11.3 Å². The van der Waals surface area contributed by atoms with Crippen LogP contribution in [-0.2, 0) is 0 Å². The highest BCUT2D eigenvalue weighted by atomic mass is 32.1. The molecule has 0 aromatic carbocycles. The van der Waals surface area contributed by atoms with Gasteiger partial charge in [-0.15, -0.1) is 0 Å². The third-order valence-electron chi connectivity index (χ3n) is 0.690. The Morgan fingerprint density at radius 2 is 1.80 bits per heavy atom. The summed E-state index contributed by atoms with van der Waals surface area (Å²) >= 11 is 1.71. The first-order chi connectivity index (χ1) is 4.77. The van der Waals surface area contributed by atoms with Crippen LogP contribution in [0.15, 0.2) is 22.9 Å². The van der Waals surface area contributed by atoms with Gasteiger partial charge in [0.15, 0.2) is 0 Å². The molecule has 0 saturated heterocycles. The van der Waals surface area contributed by atoms with Crippen molar-refractivity contribution in [2.75, 3.05) is 6.61 Å². The monoisotopic (exact) mass is 160 g/mol. The number of aliphatic hydroxyl groups excluding tert-OH is 2. The summed E-state index contributed by atoms with van der Waals surface area (Å²) < 4.78 is 0. The van der Waals surface area contributed by atoms with Crippen molar-refractivity contribution < 1.29 is 10.2 Å². The predicted octanol–water partition coefficient (Wildman–Crippen LogP) is 1.11. The Morgan fingerprint density at radius 3 is 1.90 bits per heavy atom. The van der Waals surface area contributed by atoms with E-state index in [0.717, 1.165) is 0 Å². The molecule has 1 heterocycles. The van der Waals surface area contributed by atoms with E-state index >= 15 is 0 Å². The van der Waals surface area contributed by atoms with E-state index in [9.17, 15) is 0 Å². The minimum atomic E-state index is -0.560. The van der Waals surface area contributed by atoms with Crippen LogP contribution < -0.4 is 0 Å². The quantitative estimate of drug-likeness (QED) is 0.646. The molecule has 58 valence electrons. The third kappa shape index (κ3) is 7.62. The molecular formula is C7H12O2S. The van der Waals surface area contributed by atoms with E-state index in [1.165, 1.54) is 6.92 Å². The van der Waals surface area contributed by atoms with Crippen LogP contribution in [0.4, 0.5) is 0 Å². The minimum Gasteiger partial charge on any atom is -0.394 e. The van der Waals surface area contributed by atoms with E-state index < -0.39 is 6.10 Å². The molecule has 1 aromatic heterocycles. The van der Waals surface area contributed by atoms with Gasteiger partial charge in [0.05, 0.1) is 12.7 Å². The summed E-state index contributed by atoms with van der Waals surface area (Å²) in [5, 5.41) is 20.1. The largest absolute Gasteiger partial charge is 0.394 e. The Bertz CT molecular complexity index is 109. The molecule has 2 N–H and O–H groups in total. The van der Waals surface area contributed by atoms with Gasteiger partial charge in [-0.1, -0.05) is 12.1 Å². The molecule has 0 spiro atoms. The Labute approximate surface area is 64.8 Å². The molecule has 0 aliphatic carbocycles. The fraction of sp³-hybridized carbons (Fsp3) is 0.429. The highest BCUT2D eigenvalue weighted by molar-refractivity contribution is 7.07. The first kappa shape index (κ1) is 9.62. The Balaban J connectivity index is 0.000000162. The topological polar surface area (TPSA) is 40.5 Å². The summed E-state index contributed by atoms with van der Waals surface area (Å²) in [6.07, 6.45) is -0.560. The fourth-order valence-electron chi connectivity index (χ4n) is 0.227. The lowest BCUT2D eigenvalue weighted by Gasteiger charge is -1.90. The lowest BCUT2D eigenvalue weighted by molar-refractivity contribution is 0.110. The van der Waals surface area contributed by atoms with Crippen LogP contribution in [0.3, 0.4) is 0 Å². The summed E-state index contributed by atoms with van der Waals surface area (Å²) in [5.74, 6) is 0. The third-order valence-corrected chi connectivity index (χ3v) is 1.32. The molecule has 3 heteroatoms. The molecule has 0 bridgehead atoms. The molecule has 1 aromatic rings. The van der Waals surface area contributed by atoms with Crippen LogP contribution in [0.5, 0.6) is 0 Å². The van der Waals surface area contributed by atoms with Gasteiger partial charge in [-0.05, 0) is 17.7 Å². The Morgan fingerprint density at radius 1 is 1.40 bits per heavy atom. The van der Waals surface area contributed by atoms with Crippen molar-refractivity contribution in [1.82, 2.24) is 0 Å². The highest BCUT2D eigenvalue weighted by Gasteiger charge is 1.83. The molecule has 0 fully saturated rings. The second-order valence-corrected chi connectivity index (χ2v) is 2.64. The standard InChI is InChI=1S/C4H4S.C3H8O2/c1-2-4-5-3-1;1-3(5)2-4/h1-4H;3-5H,2H2,1H3. The van der Waals surface area contributed by atoms with Crippen LogP contribution in [0.2, 0.25) is 0 Å². The maximum Gasteiger partial charge on any atom is 0.0742 e. The summed E-state index contributed by atoms with van der Waals surface area (Å²) in [6, 6.07) is 4.04. The zero-order valence-electron chi connectivity index (χ0n) is 5.90. The molecule has 1 atom stereocenters. The zero-order chi connectivity index (χ0) is 7.82. The first-order valence-corrected chi connectivity index (χ1v) is 3.97. The lowest BCUT2D eigenvalue weighted by atomic mass is 10.5. The number of rotatable bonds is 1. The average Bonchev–Trinajstić information content (AvgIpc) is 2.43. The molecule has 0 amide bonds.